The summed E-state index contributed by atoms with van der Waals surface area (Å²) in [6, 6.07) is 11.4. The number of nitrogens with one attached hydrogen (secondary N) is 1. The van der Waals surface area contributed by atoms with Crippen molar-refractivity contribution in [1.82, 2.24) is 0 Å². The SMILES string of the molecule is CCc1ccc(C(=O)Nc2ccc(S(N)(=O)=O)c(OC)c2)cc1. The number of benzene rings is 2. The summed E-state index contributed by atoms with van der Waals surface area (Å²) in [7, 11) is -2.56. The molecule has 0 spiro atoms. The molecule has 0 radical (unpaired) electrons. The van der Waals surface area contributed by atoms with E-state index in [0.29, 0.717) is 11.3 Å². The van der Waals surface area contributed by atoms with Gasteiger partial charge in [0.2, 0.25) is 10.0 Å². The van der Waals surface area contributed by atoms with Crippen LogP contribution in [0.3, 0.4) is 0 Å². The molecule has 0 aromatic heterocycles. The van der Waals surface area contributed by atoms with Crippen LogP contribution in [0.5, 0.6) is 5.75 Å². The second-order valence-corrected chi connectivity index (χ2v) is 6.45. The van der Waals surface area contributed by atoms with Crippen LogP contribution in [0.2, 0.25) is 0 Å². The maximum Gasteiger partial charge on any atom is 0.255 e. The number of anilines is 1. The lowest BCUT2D eigenvalue weighted by atomic mass is 10.1. The maximum absolute atomic E-state index is 12.2. The van der Waals surface area contributed by atoms with Crippen LogP contribution in [-0.4, -0.2) is 21.4 Å². The number of nitrogens with two attached hydrogens (primary N) is 1. The topological polar surface area (TPSA) is 98.5 Å². The third-order valence-corrected chi connectivity index (χ3v) is 4.30. The summed E-state index contributed by atoms with van der Waals surface area (Å²) in [4.78, 5) is 12.1. The van der Waals surface area contributed by atoms with Crippen molar-refractivity contribution in [3.63, 3.8) is 0 Å². The summed E-state index contributed by atoms with van der Waals surface area (Å²) in [5.74, 6) is -0.218. The molecule has 0 unspecified atom stereocenters. The van der Waals surface area contributed by atoms with Crippen molar-refractivity contribution in [2.24, 2.45) is 5.14 Å². The normalized spacial score (nSPS) is 11.1. The van der Waals surface area contributed by atoms with Gasteiger partial charge in [0.1, 0.15) is 10.6 Å². The molecule has 0 aliphatic carbocycles. The van der Waals surface area contributed by atoms with E-state index in [2.05, 4.69) is 5.32 Å². The van der Waals surface area contributed by atoms with Crippen molar-refractivity contribution < 1.29 is 17.9 Å². The Labute approximate surface area is 135 Å². The van der Waals surface area contributed by atoms with E-state index in [1.165, 1.54) is 25.3 Å². The van der Waals surface area contributed by atoms with Crippen LogP contribution >= 0.6 is 0 Å². The van der Waals surface area contributed by atoms with E-state index in [4.69, 9.17) is 9.88 Å². The Morgan fingerprint density at radius 3 is 2.35 bits per heavy atom. The average molecular weight is 334 g/mol. The zero-order valence-corrected chi connectivity index (χ0v) is 13.7. The van der Waals surface area contributed by atoms with Gasteiger partial charge in [-0.3, -0.25) is 4.79 Å². The van der Waals surface area contributed by atoms with Crippen molar-refractivity contribution >= 4 is 21.6 Å². The third-order valence-electron chi connectivity index (χ3n) is 3.35. The Hall–Kier alpha value is -2.38. The molecular weight excluding hydrogens is 316 g/mol. The van der Waals surface area contributed by atoms with Crippen molar-refractivity contribution in [2.75, 3.05) is 12.4 Å². The number of methoxy groups -OCH3 is 1. The molecule has 0 fully saturated rings. The Morgan fingerprint density at radius 2 is 1.83 bits per heavy atom. The highest BCUT2D eigenvalue weighted by Gasteiger charge is 2.16. The van der Waals surface area contributed by atoms with Crippen LogP contribution in [0.1, 0.15) is 22.8 Å². The molecule has 6 nitrogen and oxygen atoms in total. The molecule has 0 aliphatic rings. The van der Waals surface area contributed by atoms with Gasteiger partial charge in [-0.2, -0.15) is 0 Å². The van der Waals surface area contributed by atoms with Gasteiger partial charge in [0.05, 0.1) is 7.11 Å². The lowest BCUT2D eigenvalue weighted by Gasteiger charge is -2.10. The van der Waals surface area contributed by atoms with Gasteiger partial charge < -0.3 is 10.1 Å². The van der Waals surface area contributed by atoms with E-state index < -0.39 is 10.0 Å². The van der Waals surface area contributed by atoms with Crippen LogP contribution in [-0.2, 0) is 16.4 Å². The zero-order valence-electron chi connectivity index (χ0n) is 12.9. The lowest BCUT2D eigenvalue weighted by Crippen LogP contribution is -2.15. The maximum atomic E-state index is 12.2. The highest BCUT2D eigenvalue weighted by molar-refractivity contribution is 7.89. The number of aryl methyl sites for hydroxylation is 1. The first-order valence-electron chi connectivity index (χ1n) is 6.96. The van der Waals surface area contributed by atoms with Gasteiger partial charge in [-0.1, -0.05) is 19.1 Å². The number of amides is 1. The molecule has 0 aliphatic heterocycles. The molecule has 0 heterocycles. The number of carbonyl (C=O) groups excluding carboxylic acids is 1. The molecule has 7 heteroatoms. The van der Waals surface area contributed by atoms with Gasteiger partial charge in [-0.05, 0) is 36.2 Å². The fraction of sp³-hybridized carbons (Fsp3) is 0.188. The Morgan fingerprint density at radius 1 is 1.17 bits per heavy atom. The first-order chi connectivity index (χ1) is 10.8. The van der Waals surface area contributed by atoms with E-state index in [0.717, 1.165) is 12.0 Å². The van der Waals surface area contributed by atoms with Gasteiger partial charge in [0.25, 0.3) is 5.91 Å². The van der Waals surface area contributed by atoms with Gasteiger partial charge in [0.15, 0.2) is 0 Å². The summed E-state index contributed by atoms with van der Waals surface area (Å²) in [5.41, 5.74) is 2.07. The predicted octanol–water partition coefficient (Wildman–Crippen LogP) is 2.16. The molecular formula is C16H18N2O4S. The number of hydrogen-bond acceptors (Lipinski definition) is 4. The molecule has 0 saturated carbocycles. The minimum atomic E-state index is -3.89. The summed E-state index contributed by atoms with van der Waals surface area (Å²) in [5, 5.41) is 7.80. The standard InChI is InChI=1S/C16H18N2O4S/c1-3-11-4-6-12(7-5-11)16(19)18-13-8-9-15(23(17,20)21)14(10-13)22-2/h4-10H,3H2,1-2H3,(H,18,19)(H2,17,20,21). The first-order valence-corrected chi connectivity index (χ1v) is 8.51. The summed E-state index contributed by atoms with van der Waals surface area (Å²) in [6.07, 6.45) is 0.897. The summed E-state index contributed by atoms with van der Waals surface area (Å²) >= 11 is 0. The van der Waals surface area contributed by atoms with Crippen molar-refractivity contribution in [3.05, 3.63) is 53.6 Å². The van der Waals surface area contributed by atoms with Crippen LogP contribution in [0.4, 0.5) is 5.69 Å². The Balaban J connectivity index is 2.24. The van der Waals surface area contributed by atoms with Crippen LogP contribution in [0.15, 0.2) is 47.4 Å². The quantitative estimate of drug-likeness (QED) is 0.875. The van der Waals surface area contributed by atoms with E-state index in [9.17, 15) is 13.2 Å². The molecule has 23 heavy (non-hydrogen) atoms. The molecule has 2 aromatic rings. The van der Waals surface area contributed by atoms with Crippen molar-refractivity contribution in [2.45, 2.75) is 18.2 Å². The number of rotatable bonds is 5. The number of sulfonamides is 1. The lowest BCUT2D eigenvalue weighted by molar-refractivity contribution is 0.102. The van der Waals surface area contributed by atoms with Gasteiger partial charge >= 0.3 is 0 Å². The largest absolute Gasteiger partial charge is 0.495 e. The van der Waals surface area contributed by atoms with Crippen LogP contribution in [0.25, 0.3) is 0 Å². The molecule has 0 bridgehead atoms. The fourth-order valence-corrected chi connectivity index (χ4v) is 2.76. The molecule has 2 aromatic carbocycles. The van der Waals surface area contributed by atoms with E-state index >= 15 is 0 Å². The summed E-state index contributed by atoms with van der Waals surface area (Å²) in [6.45, 7) is 2.04. The van der Waals surface area contributed by atoms with Gasteiger partial charge in [-0.25, -0.2) is 13.6 Å². The molecule has 0 atom stereocenters. The minimum Gasteiger partial charge on any atom is -0.495 e. The number of primary sulfonamides is 1. The highest BCUT2D eigenvalue weighted by atomic mass is 32.2. The number of hydrogen-bond donors (Lipinski definition) is 2. The predicted molar refractivity (Wildman–Crippen MR) is 88.1 cm³/mol. The molecule has 0 saturated heterocycles. The molecule has 2 rings (SSSR count). The second-order valence-electron chi connectivity index (χ2n) is 4.92. The molecule has 122 valence electrons. The van der Waals surface area contributed by atoms with Gasteiger partial charge in [0, 0.05) is 17.3 Å². The van der Waals surface area contributed by atoms with Crippen LogP contribution < -0.4 is 15.2 Å². The Bertz CT molecular complexity index is 814. The van der Waals surface area contributed by atoms with E-state index in [1.54, 1.807) is 12.1 Å². The summed E-state index contributed by atoms with van der Waals surface area (Å²) < 4.78 is 27.9. The minimum absolute atomic E-state index is 0.0756. The average Bonchev–Trinajstić information content (AvgIpc) is 2.53. The number of ether oxygens (including phenoxy) is 1. The monoisotopic (exact) mass is 334 g/mol. The second kappa shape index (κ2) is 6.80. The fourth-order valence-electron chi connectivity index (χ4n) is 2.08. The van der Waals surface area contributed by atoms with E-state index in [-0.39, 0.29) is 16.6 Å². The smallest absolute Gasteiger partial charge is 0.255 e. The van der Waals surface area contributed by atoms with E-state index in [1.807, 2.05) is 19.1 Å². The molecule has 3 N–H and O–H groups in total. The highest BCUT2D eigenvalue weighted by Crippen LogP contribution is 2.26. The zero-order chi connectivity index (χ0) is 17.0. The number of carbonyl (C=O) groups is 1. The Kier molecular flexibility index (Phi) is 5.02. The first kappa shape index (κ1) is 17.0. The third kappa shape index (κ3) is 4.08. The van der Waals surface area contributed by atoms with Crippen molar-refractivity contribution in [3.8, 4) is 5.75 Å². The van der Waals surface area contributed by atoms with Crippen LogP contribution in [0, 0.1) is 0 Å². The molecule has 1 amide bonds. The van der Waals surface area contributed by atoms with Gasteiger partial charge in [-0.15, -0.1) is 0 Å². The van der Waals surface area contributed by atoms with Crippen molar-refractivity contribution in [1.29, 1.82) is 0 Å².